The van der Waals surface area contributed by atoms with E-state index in [9.17, 15) is 0 Å². The zero-order valence-electron chi connectivity index (χ0n) is 12.4. The van der Waals surface area contributed by atoms with Crippen LogP contribution in [0.2, 0.25) is 0 Å². The molecule has 0 spiro atoms. The summed E-state index contributed by atoms with van der Waals surface area (Å²) in [4.78, 5) is 2.24. The number of anilines is 1. The first-order valence-corrected chi connectivity index (χ1v) is 7.30. The molecule has 19 heavy (non-hydrogen) atoms. The molecule has 0 aromatic heterocycles. The number of hydrogen-bond donors (Lipinski definition) is 1. The van der Waals surface area contributed by atoms with Crippen LogP contribution in [0.25, 0.3) is 0 Å². The number of hydrogen-bond acceptors (Lipinski definition) is 3. The van der Waals surface area contributed by atoms with Crippen molar-refractivity contribution in [1.82, 2.24) is 5.32 Å². The van der Waals surface area contributed by atoms with Crippen molar-refractivity contribution in [3.63, 3.8) is 0 Å². The number of rotatable bonds is 8. The van der Waals surface area contributed by atoms with Crippen LogP contribution >= 0.6 is 0 Å². The predicted molar refractivity (Wildman–Crippen MR) is 80.7 cm³/mol. The van der Waals surface area contributed by atoms with Gasteiger partial charge in [-0.1, -0.05) is 12.1 Å². The van der Waals surface area contributed by atoms with E-state index in [0.717, 1.165) is 25.7 Å². The summed E-state index contributed by atoms with van der Waals surface area (Å²) in [5, 5.41) is 3.53. The lowest BCUT2D eigenvalue weighted by atomic mass is 10.2. The summed E-state index contributed by atoms with van der Waals surface area (Å²) >= 11 is 0. The molecule has 3 nitrogen and oxygen atoms in total. The van der Waals surface area contributed by atoms with Gasteiger partial charge in [-0.25, -0.2) is 0 Å². The monoisotopic (exact) mass is 262 g/mol. The molecule has 1 aliphatic rings. The lowest BCUT2D eigenvalue weighted by Crippen LogP contribution is -2.24. The molecule has 1 aromatic carbocycles. The SMILES string of the molecule is CC(C)OCCN(C)c1ccc(CNC2CC2)cc1. The Morgan fingerprint density at radius 3 is 2.53 bits per heavy atom. The van der Waals surface area contributed by atoms with E-state index in [2.05, 4.69) is 55.4 Å². The lowest BCUT2D eigenvalue weighted by molar-refractivity contribution is 0.0846. The normalized spacial score (nSPS) is 14.9. The van der Waals surface area contributed by atoms with Crippen LogP contribution in [0, 0.1) is 0 Å². The molecule has 0 heterocycles. The fourth-order valence-corrected chi connectivity index (χ4v) is 1.97. The van der Waals surface area contributed by atoms with Crippen LogP contribution in [0.5, 0.6) is 0 Å². The molecule has 1 fully saturated rings. The van der Waals surface area contributed by atoms with Crippen molar-refractivity contribution < 1.29 is 4.74 Å². The maximum absolute atomic E-state index is 5.58. The van der Waals surface area contributed by atoms with Crippen LogP contribution in [-0.4, -0.2) is 32.3 Å². The molecule has 0 radical (unpaired) electrons. The summed E-state index contributed by atoms with van der Waals surface area (Å²) in [6, 6.07) is 9.59. The summed E-state index contributed by atoms with van der Waals surface area (Å²) in [7, 11) is 2.11. The van der Waals surface area contributed by atoms with Gasteiger partial charge in [-0.3, -0.25) is 0 Å². The van der Waals surface area contributed by atoms with Gasteiger partial charge in [0.2, 0.25) is 0 Å². The highest BCUT2D eigenvalue weighted by Gasteiger charge is 2.19. The molecule has 1 N–H and O–H groups in total. The van der Waals surface area contributed by atoms with Crippen molar-refractivity contribution in [3.05, 3.63) is 29.8 Å². The zero-order chi connectivity index (χ0) is 13.7. The summed E-state index contributed by atoms with van der Waals surface area (Å²) in [5.41, 5.74) is 2.62. The third-order valence-electron chi connectivity index (χ3n) is 3.43. The Labute approximate surface area is 116 Å². The maximum Gasteiger partial charge on any atom is 0.0644 e. The van der Waals surface area contributed by atoms with Crippen LogP contribution in [0.1, 0.15) is 32.3 Å². The van der Waals surface area contributed by atoms with Gasteiger partial charge in [0.25, 0.3) is 0 Å². The number of nitrogens with one attached hydrogen (secondary N) is 1. The Balaban J connectivity index is 1.75. The Bertz CT molecular complexity index is 371. The molecular weight excluding hydrogens is 236 g/mol. The van der Waals surface area contributed by atoms with Crippen LogP contribution < -0.4 is 10.2 Å². The summed E-state index contributed by atoms with van der Waals surface area (Å²) in [5.74, 6) is 0. The zero-order valence-corrected chi connectivity index (χ0v) is 12.4. The molecule has 0 saturated heterocycles. The van der Waals surface area contributed by atoms with Crippen LogP contribution in [0.15, 0.2) is 24.3 Å². The largest absolute Gasteiger partial charge is 0.377 e. The second kappa shape index (κ2) is 6.92. The van der Waals surface area contributed by atoms with E-state index in [1.807, 2.05) is 0 Å². The van der Waals surface area contributed by atoms with Crippen molar-refractivity contribution in [3.8, 4) is 0 Å². The van der Waals surface area contributed by atoms with Gasteiger partial charge in [0.15, 0.2) is 0 Å². The number of ether oxygens (including phenoxy) is 1. The summed E-state index contributed by atoms with van der Waals surface area (Å²) < 4.78 is 5.58. The average Bonchev–Trinajstić information content (AvgIpc) is 3.20. The second-order valence-corrected chi connectivity index (χ2v) is 5.66. The van der Waals surface area contributed by atoms with Gasteiger partial charge in [0.05, 0.1) is 12.7 Å². The molecule has 1 aromatic rings. The lowest BCUT2D eigenvalue weighted by Gasteiger charge is -2.20. The van der Waals surface area contributed by atoms with Crippen molar-refractivity contribution >= 4 is 5.69 Å². The number of benzene rings is 1. The Kier molecular flexibility index (Phi) is 5.23. The molecular formula is C16H26N2O. The van der Waals surface area contributed by atoms with Crippen molar-refractivity contribution in [1.29, 1.82) is 0 Å². The molecule has 1 saturated carbocycles. The summed E-state index contributed by atoms with van der Waals surface area (Å²) in [6.07, 6.45) is 3.00. The second-order valence-electron chi connectivity index (χ2n) is 5.66. The van der Waals surface area contributed by atoms with Gasteiger partial charge < -0.3 is 15.0 Å². The minimum absolute atomic E-state index is 0.310. The minimum Gasteiger partial charge on any atom is -0.377 e. The van der Waals surface area contributed by atoms with E-state index in [4.69, 9.17) is 4.74 Å². The fraction of sp³-hybridized carbons (Fsp3) is 0.625. The van der Waals surface area contributed by atoms with E-state index in [1.54, 1.807) is 0 Å². The Morgan fingerprint density at radius 2 is 1.95 bits per heavy atom. The average molecular weight is 262 g/mol. The van der Waals surface area contributed by atoms with Crippen LogP contribution in [0.3, 0.4) is 0 Å². The maximum atomic E-state index is 5.58. The molecule has 0 bridgehead atoms. The van der Waals surface area contributed by atoms with E-state index in [-0.39, 0.29) is 0 Å². The molecule has 0 aliphatic heterocycles. The molecule has 0 atom stereocenters. The van der Waals surface area contributed by atoms with Gasteiger partial charge in [-0.15, -0.1) is 0 Å². The molecule has 2 rings (SSSR count). The van der Waals surface area contributed by atoms with Crippen LogP contribution in [0.4, 0.5) is 5.69 Å². The van der Waals surface area contributed by atoms with Gasteiger partial charge in [0, 0.05) is 31.9 Å². The first kappa shape index (κ1) is 14.4. The van der Waals surface area contributed by atoms with Gasteiger partial charge in [-0.2, -0.15) is 0 Å². The van der Waals surface area contributed by atoms with E-state index >= 15 is 0 Å². The van der Waals surface area contributed by atoms with E-state index < -0.39 is 0 Å². The van der Waals surface area contributed by atoms with Gasteiger partial charge >= 0.3 is 0 Å². The molecule has 106 valence electrons. The number of nitrogens with zero attached hydrogens (tertiary/aromatic N) is 1. The highest BCUT2D eigenvalue weighted by atomic mass is 16.5. The first-order valence-electron chi connectivity index (χ1n) is 7.30. The van der Waals surface area contributed by atoms with E-state index in [1.165, 1.54) is 24.1 Å². The smallest absolute Gasteiger partial charge is 0.0644 e. The van der Waals surface area contributed by atoms with Crippen molar-refractivity contribution in [2.45, 2.75) is 45.4 Å². The standard InChI is InChI=1S/C16H26N2O/c1-13(2)19-11-10-18(3)16-8-4-14(5-9-16)12-17-15-6-7-15/h4-5,8-9,13,15,17H,6-7,10-12H2,1-3H3. The fourth-order valence-electron chi connectivity index (χ4n) is 1.97. The van der Waals surface area contributed by atoms with Crippen molar-refractivity contribution in [2.75, 3.05) is 25.1 Å². The Hall–Kier alpha value is -1.06. The summed E-state index contributed by atoms with van der Waals surface area (Å²) in [6.45, 7) is 6.84. The predicted octanol–water partition coefficient (Wildman–Crippen LogP) is 2.80. The highest BCUT2D eigenvalue weighted by molar-refractivity contribution is 5.46. The molecule has 0 amide bonds. The topological polar surface area (TPSA) is 24.5 Å². The van der Waals surface area contributed by atoms with E-state index in [0.29, 0.717) is 6.10 Å². The quantitative estimate of drug-likeness (QED) is 0.779. The third kappa shape index (κ3) is 5.21. The number of likely N-dealkylation sites (N-methyl/N-ethyl adjacent to an activating group) is 1. The Morgan fingerprint density at radius 1 is 1.26 bits per heavy atom. The van der Waals surface area contributed by atoms with Gasteiger partial charge in [0.1, 0.15) is 0 Å². The molecule has 0 unspecified atom stereocenters. The first-order chi connectivity index (χ1) is 9.15. The molecule has 1 aliphatic carbocycles. The minimum atomic E-state index is 0.310. The molecule has 3 heteroatoms. The third-order valence-corrected chi connectivity index (χ3v) is 3.43. The highest BCUT2D eigenvalue weighted by Crippen LogP contribution is 2.20. The van der Waals surface area contributed by atoms with Crippen molar-refractivity contribution in [2.24, 2.45) is 0 Å². The van der Waals surface area contributed by atoms with Crippen LogP contribution in [-0.2, 0) is 11.3 Å². The van der Waals surface area contributed by atoms with Gasteiger partial charge in [-0.05, 0) is 44.4 Å².